The molecule has 2 amide bonds. The van der Waals surface area contributed by atoms with E-state index in [1.807, 2.05) is 63.2 Å². The molecular weight excluding hydrogens is 376 g/mol. The van der Waals surface area contributed by atoms with Crippen molar-refractivity contribution < 1.29 is 9.59 Å². The highest BCUT2D eigenvalue weighted by Crippen LogP contribution is 2.14. The standard InChI is InChI=1S/C24H26N4O2/c1-4-23(29)22-13-20(9-10-25-22)12-18-5-7-19(8-6-18)15-27-24(30)28-21-11-16(2)14-26-17(21)3/h5-11,13-14H,4,12,15H2,1-3H3,(H2,27,28,30). The van der Waals surface area contributed by atoms with Crippen molar-refractivity contribution in [1.82, 2.24) is 15.3 Å². The Labute approximate surface area is 176 Å². The first-order valence-corrected chi connectivity index (χ1v) is 9.98. The number of carbonyl (C=O) groups excluding carboxylic acids is 2. The Kier molecular flexibility index (Phi) is 6.91. The molecule has 0 radical (unpaired) electrons. The molecule has 1 aromatic carbocycles. The van der Waals surface area contributed by atoms with Gasteiger partial charge in [0.25, 0.3) is 0 Å². The van der Waals surface area contributed by atoms with Crippen LogP contribution in [0.15, 0.2) is 54.9 Å². The number of hydrogen-bond donors (Lipinski definition) is 2. The highest BCUT2D eigenvalue weighted by atomic mass is 16.2. The van der Waals surface area contributed by atoms with Crippen molar-refractivity contribution >= 4 is 17.5 Å². The number of anilines is 1. The van der Waals surface area contributed by atoms with Crippen molar-refractivity contribution in [3.05, 3.63) is 88.5 Å². The van der Waals surface area contributed by atoms with Gasteiger partial charge in [-0.25, -0.2) is 4.79 Å². The van der Waals surface area contributed by atoms with Crippen LogP contribution in [-0.2, 0) is 13.0 Å². The highest BCUT2D eigenvalue weighted by molar-refractivity contribution is 5.94. The topological polar surface area (TPSA) is 84.0 Å². The number of pyridine rings is 2. The van der Waals surface area contributed by atoms with E-state index in [0.29, 0.717) is 24.3 Å². The molecule has 154 valence electrons. The fourth-order valence-corrected chi connectivity index (χ4v) is 3.04. The Morgan fingerprint density at radius 1 is 0.933 bits per heavy atom. The minimum atomic E-state index is -0.264. The van der Waals surface area contributed by atoms with E-state index in [0.717, 1.165) is 34.4 Å². The largest absolute Gasteiger partial charge is 0.334 e. The van der Waals surface area contributed by atoms with E-state index >= 15 is 0 Å². The zero-order valence-electron chi connectivity index (χ0n) is 17.5. The van der Waals surface area contributed by atoms with E-state index in [9.17, 15) is 9.59 Å². The molecule has 2 N–H and O–H groups in total. The Bertz CT molecular complexity index is 1050. The van der Waals surface area contributed by atoms with Gasteiger partial charge in [-0.15, -0.1) is 0 Å². The fourth-order valence-electron chi connectivity index (χ4n) is 3.04. The van der Waals surface area contributed by atoms with E-state index < -0.39 is 0 Å². The van der Waals surface area contributed by atoms with Gasteiger partial charge in [0, 0.05) is 25.4 Å². The molecule has 0 atom stereocenters. The van der Waals surface area contributed by atoms with Gasteiger partial charge < -0.3 is 10.6 Å². The summed E-state index contributed by atoms with van der Waals surface area (Å²) in [4.78, 5) is 32.4. The Morgan fingerprint density at radius 2 is 1.67 bits per heavy atom. The summed E-state index contributed by atoms with van der Waals surface area (Å²) < 4.78 is 0. The van der Waals surface area contributed by atoms with Crippen LogP contribution in [-0.4, -0.2) is 21.8 Å². The van der Waals surface area contributed by atoms with Crippen LogP contribution in [0, 0.1) is 13.8 Å². The molecule has 0 aliphatic heterocycles. The first-order chi connectivity index (χ1) is 14.4. The lowest BCUT2D eigenvalue weighted by Crippen LogP contribution is -2.28. The minimum absolute atomic E-state index is 0.0492. The van der Waals surface area contributed by atoms with E-state index in [-0.39, 0.29) is 11.8 Å². The molecule has 0 fully saturated rings. The number of aryl methyl sites for hydroxylation is 2. The third-order valence-corrected chi connectivity index (χ3v) is 4.79. The average Bonchev–Trinajstić information content (AvgIpc) is 2.75. The van der Waals surface area contributed by atoms with Crippen molar-refractivity contribution in [2.75, 3.05) is 5.32 Å². The zero-order valence-corrected chi connectivity index (χ0v) is 17.5. The number of rotatable bonds is 7. The van der Waals surface area contributed by atoms with E-state index in [1.54, 1.807) is 12.4 Å². The quantitative estimate of drug-likeness (QED) is 0.566. The molecule has 3 aromatic rings. The summed E-state index contributed by atoms with van der Waals surface area (Å²) in [6.07, 6.45) is 4.63. The minimum Gasteiger partial charge on any atom is -0.334 e. The Morgan fingerprint density at radius 3 is 2.40 bits per heavy atom. The number of carbonyl (C=O) groups is 2. The highest BCUT2D eigenvalue weighted by Gasteiger charge is 2.07. The molecule has 0 aliphatic rings. The second kappa shape index (κ2) is 9.78. The molecule has 2 aromatic heterocycles. The van der Waals surface area contributed by atoms with Crippen LogP contribution in [0.3, 0.4) is 0 Å². The fraction of sp³-hybridized carbons (Fsp3) is 0.250. The first kappa shape index (κ1) is 21.2. The lowest BCUT2D eigenvalue weighted by molar-refractivity contribution is 0.0983. The maximum absolute atomic E-state index is 12.2. The van der Waals surface area contributed by atoms with Gasteiger partial charge in [-0.05, 0) is 60.7 Å². The van der Waals surface area contributed by atoms with Crippen LogP contribution in [0.1, 0.15) is 51.8 Å². The average molecular weight is 402 g/mol. The molecule has 0 unspecified atom stereocenters. The molecule has 3 rings (SSSR count). The normalized spacial score (nSPS) is 10.5. The van der Waals surface area contributed by atoms with Crippen LogP contribution in [0.25, 0.3) is 0 Å². The Balaban J connectivity index is 1.55. The number of ketones is 1. The number of benzene rings is 1. The zero-order chi connectivity index (χ0) is 21.5. The summed E-state index contributed by atoms with van der Waals surface area (Å²) in [6.45, 7) is 6.06. The molecule has 0 bridgehead atoms. The van der Waals surface area contributed by atoms with Crippen LogP contribution in [0.5, 0.6) is 0 Å². The summed E-state index contributed by atoms with van der Waals surface area (Å²) in [5.41, 5.74) is 6.18. The van der Waals surface area contributed by atoms with Gasteiger partial charge in [-0.1, -0.05) is 31.2 Å². The summed E-state index contributed by atoms with van der Waals surface area (Å²) in [7, 11) is 0. The van der Waals surface area contributed by atoms with Gasteiger partial charge in [-0.2, -0.15) is 0 Å². The molecule has 0 aliphatic carbocycles. The number of hydrogen-bond acceptors (Lipinski definition) is 4. The van der Waals surface area contributed by atoms with Crippen LogP contribution in [0.4, 0.5) is 10.5 Å². The van der Waals surface area contributed by atoms with E-state index in [1.165, 1.54) is 0 Å². The van der Waals surface area contributed by atoms with Crippen molar-refractivity contribution in [2.24, 2.45) is 0 Å². The van der Waals surface area contributed by atoms with Crippen LogP contribution >= 0.6 is 0 Å². The van der Waals surface area contributed by atoms with Gasteiger partial charge in [0.15, 0.2) is 5.78 Å². The summed E-state index contributed by atoms with van der Waals surface area (Å²) >= 11 is 0. The number of amides is 2. The first-order valence-electron chi connectivity index (χ1n) is 9.98. The maximum Gasteiger partial charge on any atom is 0.319 e. The molecule has 0 spiro atoms. The van der Waals surface area contributed by atoms with Crippen molar-refractivity contribution in [3.63, 3.8) is 0 Å². The predicted octanol–water partition coefficient (Wildman–Crippen LogP) is 4.60. The third-order valence-electron chi connectivity index (χ3n) is 4.79. The molecule has 0 saturated heterocycles. The Hall–Kier alpha value is -3.54. The van der Waals surface area contributed by atoms with E-state index in [4.69, 9.17) is 0 Å². The molecule has 6 heteroatoms. The lowest BCUT2D eigenvalue weighted by atomic mass is 10.0. The SMILES string of the molecule is CCC(=O)c1cc(Cc2ccc(CNC(=O)Nc3cc(C)cnc3C)cc2)ccn1. The molecule has 2 heterocycles. The molecular formula is C24H26N4O2. The molecule has 6 nitrogen and oxygen atoms in total. The lowest BCUT2D eigenvalue weighted by Gasteiger charge is -2.10. The van der Waals surface area contributed by atoms with Crippen molar-refractivity contribution in [2.45, 2.75) is 40.2 Å². The second-order valence-corrected chi connectivity index (χ2v) is 7.27. The number of nitrogens with zero attached hydrogens (tertiary/aromatic N) is 2. The number of aromatic nitrogens is 2. The van der Waals surface area contributed by atoms with Gasteiger partial charge in [0.05, 0.1) is 11.4 Å². The molecule has 0 saturated carbocycles. The summed E-state index contributed by atoms with van der Waals surface area (Å²) in [5.74, 6) is 0.0492. The maximum atomic E-state index is 12.2. The monoisotopic (exact) mass is 402 g/mol. The number of urea groups is 1. The van der Waals surface area contributed by atoms with Gasteiger partial charge >= 0.3 is 6.03 Å². The third kappa shape index (κ3) is 5.73. The predicted molar refractivity (Wildman–Crippen MR) is 118 cm³/mol. The summed E-state index contributed by atoms with van der Waals surface area (Å²) in [5, 5.41) is 5.70. The van der Waals surface area contributed by atoms with Crippen molar-refractivity contribution in [3.8, 4) is 0 Å². The molecule has 30 heavy (non-hydrogen) atoms. The van der Waals surface area contributed by atoms with Crippen molar-refractivity contribution in [1.29, 1.82) is 0 Å². The second-order valence-electron chi connectivity index (χ2n) is 7.27. The smallest absolute Gasteiger partial charge is 0.319 e. The van der Waals surface area contributed by atoms with Gasteiger partial charge in [0.2, 0.25) is 0 Å². The number of nitrogens with one attached hydrogen (secondary N) is 2. The van der Waals surface area contributed by atoms with Gasteiger partial charge in [0.1, 0.15) is 5.69 Å². The number of Topliss-reactive ketones (excluding diaryl/α,β-unsaturated/α-hetero) is 1. The van der Waals surface area contributed by atoms with Crippen LogP contribution in [0.2, 0.25) is 0 Å². The van der Waals surface area contributed by atoms with Crippen LogP contribution < -0.4 is 10.6 Å². The van der Waals surface area contributed by atoms with E-state index in [2.05, 4.69) is 20.6 Å². The van der Waals surface area contributed by atoms with Gasteiger partial charge in [-0.3, -0.25) is 14.8 Å². The summed E-state index contributed by atoms with van der Waals surface area (Å²) in [6, 6.07) is 13.5.